The first-order valence-electron chi connectivity index (χ1n) is 7.18. The van der Waals surface area contributed by atoms with E-state index in [4.69, 9.17) is 12.2 Å². The third kappa shape index (κ3) is 6.33. The van der Waals surface area contributed by atoms with Gasteiger partial charge in [-0.2, -0.15) is 0 Å². The van der Waals surface area contributed by atoms with Crippen LogP contribution in [0, 0.1) is 0 Å². The van der Waals surface area contributed by atoms with Crippen LogP contribution in [0.5, 0.6) is 0 Å². The summed E-state index contributed by atoms with van der Waals surface area (Å²) in [5, 5.41) is 6.90. The van der Waals surface area contributed by atoms with Gasteiger partial charge in [-0.3, -0.25) is 4.98 Å². The van der Waals surface area contributed by atoms with Gasteiger partial charge in [0, 0.05) is 24.6 Å². The smallest absolute Gasteiger partial charge is 0.170 e. The van der Waals surface area contributed by atoms with Crippen LogP contribution in [0.3, 0.4) is 0 Å². The second-order valence-electron chi connectivity index (χ2n) is 4.60. The van der Waals surface area contributed by atoms with E-state index in [9.17, 15) is 0 Å². The summed E-state index contributed by atoms with van der Waals surface area (Å²) < 4.78 is 0. The molecular formula is C18H19N3S. The SMILES string of the molecule is S=C(NCCC=CC=Cc1ccccc1)Nc1ccncc1. The maximum Gasteiger partial charge on any atom is 0.170 e. The lowest BCUT2D eigenvalue weighted by molar-refractivity contribution is 0.898. The molecule has 0 fully saturated rings. The Bertz CT molecular complexity index is 621. The van der Waals surface area contributed by atoms with E-state index in [1.54, 1.807) is 12.4 Å². The summed E-state index contributed by atoms with van der Waals surface area (Å²) in [5.41, 5.74) is 2.14. The highest BCUT2D eigenvalue weighted by molar-refractivity contribution is 7.80. The topological polar surface area (TPSA) is 37.0 Å². The van der Waals surface area contributed by atoms with Crippen LogP contribution in [0.4, 0.5) is 5.69 Å². The summed E-state index contributed by atoms with van der Waals surface area (Å²) in [7, 11) is 0. The van der Waals surface area contributed by atoms with E-state index in [0.29, 0.717) is 5.11 Å². The largest absolute Gasteiger partial charge is 0.362 e. The zero-order valence-corrected chi connectivity index (χ0v) is 13.1. The van der Waals surface area contributed by atoms with Gasteiger partial charge in [-0.05, 0) is 36.3 Å². The number of nitrogens with one attached hydrogen (secondary N) is 2. The van der Waals surface area contributed by atoms with Gasteiger partial charge in [-0.1, -0.05) is 54.6 Å². The number of rotatable bonds is 6. The standard InChI is InChI=1S/C18H19N3S/c22-18(21-17-11-14-19-15-12-17)20-13-7-2-1-4-8-16-9-5-3-6-10-16/h1-6,8-12,14-15H,7,13H2,(H2,19,20,21,22). The van der Waals surface area contributed by atoms with Gasteiger partial charge in [0.05, 0.1) is 0 Å². The first-order valence-corrected chi connectivity index (χ1v) is 7.58. The Labute approximate surface area is 136 Å². The fraction of sp³-hybridized carbons (Fsp3) is 0.111. The van der Waals surface area contributed by atoms with Gasteiger partial charge in [0.2, 0.25) is 0 Å². The highest BCUT2D eigenvalue weighted by Crippen LogP contribution is 2.02. The van der Waals surface area contributed by atoms with Crippen molar-refractivity contribution in [1.29, 1.82) is 0 Å². The Morgan fingerprint density at radius 3 is 2.59 bits per heavy atom. The Morgan fingerprint density at radius 1 is 1.05 bits per heavy atom. The van der Waals surface area contributed by atoms with Gasteiger partial charge < -0.3 is 10.6 Å². The molecule has 1 aromatic carbocycles. The minimum Gasteiger partial charge on any atom is -0.362 e. The minimum absolute atomic E-state index is 0.624. The number of hydrogen-bond acceptors (Lipinski definition) is 2. The lowest BCUT2D eigenvalue weighted by atomic mass is 10.2. The molecule has 0 unspecified atom stereocenters. The molecule has 112 valence electrons. The van der Waals surface area contributed by atoms with Crippen molar-refractivity contribution in [3.05, 3.63) is 78.6 Å². The lowest BCUT2D eigenvalue weighted by Gasteiger charge is -2.08. The van der Waals surface area contributed by atoms with Crippen molar-refractivity contribution in [2.45, 2.75) is 6.42 Å². The predicted octanol–water partition coefficient (Wildman–Crippen LogP) is 4.03. The maximum atomic E-state index is 5.22. The second-order valence-corrected chi connectivity index (χ2v) is 5.01. The molecule has 0 radical (unpaired) electrons. The van der Waals surface area contributed by atoms with Crippen LogP contribution in [0.2, 0.25) is 0 Å². The van der Waals surface area contributed by atoms with E-state index in [1.807, 2.05) is 42.5 Å². The molecule has 0 amide bonds. The average Bonchev–Trinajstić information content (AvgIpc) is 2.56. The van der Waals surface area contributed by atoms with E-state index in [-0.39, 0.29) is 0 Å². The van der Waals surface area contributed by atoms with Crippen LogP contribution in [-0.4, -0.2) is 16.6 Å². The summed E-state index contributed by atoms with van der Waals surface area (Å²) in [6.07, 6.45) is 12.7. The minimum atomic E-state index is 0.624. The molecule has 0 saturated heterocycles. The van der Waals surface area contributed by atoms with E-state index < -0.39 is 0 Å². The number of thiocarbonyl (C=S) groups is 1. The number of aromatic nitrogens is 1. The van der Waals surface area contributed by atoms with Crippen molar-refractivity contribution < 1.29 is 0 Å². The first-order chi connectivity index (χ1) is 10.8. The number of anilines is 1. The Morgan fingerprint density at radius 2 is 1.82 bits per heavy atom. The monoisotopic (exact) mass is 309 g/mol. The summed E-state index contributed by atoms with van der Waals surface area (Å²) in [6.45, 7) is 0.798. The van der Waals surface area contributed by atoms with Crippen LogP contribution >= 0.6 is 12.2 Å². The molecule has 22 heavy (non-hydrogen) atoms. The van der Waals surface area contributed by atoms with Crippen LogP contribution in [-0.2, 0) is 0 Å². The third-order valence-electron chi connectivity index (χ3n) is 2.87. The molecule has 0 spiro atoms. The number of pyridine rings is 1. The van der Waals surface area contributed by atoms with E-state index in [1.165, 1.54) is 5.56 Å². The second kappa shape index (κ2) is 9.47. The summed E-state index contributed by atoms with van der Waals surface area (Å²) in [5.74, 6) is 0. The fourth-order valence-corrected chi connectivity index (χ4v) is 2.01. The van der Waals surface area contributed by atoms with Crippen molar-refractivity contribution >= 4 is 29.1 Å². The molecule has 3 nitrogen and oxygen atoms in total. The molecule has 2 N–H and O–H groups in total. The Hall–Kier alpha value is -2.46. The number of allylic oxidation sites excluding steroid dienone is 2. The quantitative estimate of drug-likeness (QED) is 0.480. The normalized spacial score (nSPS) is 10.9. The van der Waals surface area contributed by atoms with E-state index in [2.05, 4.69) is 39.9 Å². The summed E-state index contributed by atoms with van der Waals surface area (Å²) in [4.78, 5) is 3.96. The number of benzene rings is 1. The maximum absolute atomic E-state index is 5.22. The van der Waals surface area contributed by atoms with Gasteiger partial charge in [0.15, 0.2) is 5.11 Å². The first kappa shape index (κ1) is 15.9. The van der Waals surface area contributed by atoms with Crippen LogP contribution in [0.15, 0.2) is 73.1 Å². The summed E-state index contributed by atoms with van der Waals surface area (Å²) in [6, 6.07) is 14.0. The lowest BCUT2D eigenvalue weighted by Crippen LogP contribution is -2.28. The molecule has 4 heteroatoms. The molecule has 0 atom stereocenters. The van der Waals surface area contributed by atoms with Crippen molar-refractivity contribution in [1.82, 2.24) is 10.3 Å². The van der Waals surface area contributed by atoms with Crippen molar-refractivity contribution in [2.24, 2.45) is 0 Å². The van der Waals surface area contributed by atoms with Crippen LogP contribution < -0.4 is 10.6 Å². The van der Waals surface area contributed by atoms with Gasteiger partial charge in [0.1, 0.15) is 0 Å². The van der Waals surface area contributed by atoms with Gasteiger partial charge in [-0.25, -0.2) is 0 Å². The van der Waals surface area contributed by atoms with Gasteiger partial charge in [-0.15, -0.1) is 0 Å². The molecule has 1 aromatic heterocycles. The zero-order valence-electron chi connectivity index (χ0n) is 12.3. The highest BCUT2D eigenvalue weighted by atomic mass is 32.1. The molecule has 0 saturated carbocycles. The zero-order chi connectivity index (χ0) is 15.5. The summed E-state index contributed by atoms with van der Waals surface area (Å²) >= 11 is 5.22. The van der Waals surface area contributed by atoms with Crippen LogP contribution in [0.1, 0.15) is 12.0 Å². The van der Waals surface area contributed by atoms with Crippen LogP contribution in [0.25, 0.3) is 6.08 Å². The molecule has 0 bridgehead atoms. The average molecular weight is 309 g/mol. The van der Waals surface area contributed by atoms with Crippen molar-refractivity contribution in [3.8, 4) is 0 Å². The fourth-order valence-electron chi connectivity index (χ4n) is 1.79. The third-order valence-corrected chi connectivity index (χ3v) is 3.12. The van der Waals surface area contributed by atoms with E-state index in [0.717, 1.165) is 18.7 Å². The van der Waals surface area contributed by atoms with E-state index >= 15 is 0 Å². The molecule has 0 aliphatic heterocycles. The van der Waals surface area contributed by atoms with Gasteiger partial charge in [0.25, 0.3) is 0 Å². The van der Waals surface area contributed by atoms with Crippen molar-refractivity contribution in [3.63, 3.8) is 0 Å². The highest BCUT2D eigenvalue weighted by Gasteiger charge is 1.94. The predicted molar refractivity (Wildman–Crippen MR) is 97.7 cm³/mol. The number of hydrogen-bond donors (Lipinski definition) is 2. The molecule has 0 aliphatic carbocycles. The Kier molecular flexibility index (Phi) is 6.85. The number of nitrogens with zero attached hydrogens (tertiary/aromatic N) is 1. The molecule has 0 aliphatic rings. The molecule has 2 rings (SSSR count). The van der Waals surface area contributed by atoms with Gasteiger partial charge >= 0.3 is 0 Å². The molecule has 2 aromatic rings. The Balaban J connectivity index is 1.61. The molecule has 1 heterocycles. The molecular weight excluding hydrogens is 290 g/mol. The van der Waals surface area contributed by atoms with Crippen molar-refractivity contribution in [2.75, 3.05) is 11.9 Å².